The summed E-state index contributed by atoms with van der Waals surface area (Å²) in [5, 5.41) is 0. The lowest BCUT2D eigenvalue weighted by molar-refractivity contribution is 1.46. The zero-order valence-electron chi connectivity index (χ0n) is 11.8. The Morgan fingerprint density at radius 3 is 1.89 bits per heavy atom. The van der Waals surface area contributed by atoms with E-state index in [1.807, 2.05) is 13.8 Å². The van der Waals surface area contributed by atoms with Crippen LogP contribution in [0, 0.1) is 13.8 Å². The first-order valence-electron chi connectivity index (χ1n) is 6.55. The van der Waals surface area contributed by atoms with Crippen molar-refractivity contribution < 1.29 is 0 Å². The SMILES string of the molecule is CC.Cc1ccc(/C=C/c2cccc(C)c2)cc1. The van der Waals surface area contributed by atoms with E-state index in [1.165, 1.54) is 22.3 Å². The third-order valence-electron chi connectivity index (χ3n) is 2.59. The van der Waals surface area contributed by atoms with E-state index in [2.05, 4.69) is 74.5 Å². The van der Waals surface area contributed by atoms with Crippen LogP contribution in [0.5, 0.6) is 0 Å². The van der Waals surface area contributed by atoms with Gasteiger partial charge in [-0.2, -0.15) is 0 Å². The minimum Gasteiger partial charge on any atom is -0.0683 e. The Morgan fingerprint density at radius 2 is 1.28 bits per heavy atom. The van der Waals surface area contributed by atoms with Gasteiger partial charge < -0.3 is 0 Å². The molecule has 2 aromatic carbocycles. The van der Waals surface area contributed by atoms with E-state index in [0.717, 1.165) is 0 Å². The maximum absolute atomic E-state index is 2.19. The molecule has 0 aliphatic rings. The van der Waals surface area contributed by atoms with E-state index < -0.39 is 0 Å². The van der Waals surface area contributed by atoms with Crippen molar-refractivity contribution in [1.82, 2.24) is 0 Å². The van der Waals surface area contributed by atoms with E-state index in [4.69, 9.17) is 0 Å². The molecule has 0 radical (unpaired) electrons. The fourth-order valence-electron chi connectivity index (χ4n) is 1.64. The Morgan fingerprint density at radius 1 is 0.667 bits per heavy atom. The standard InChI is InChI=1S/C16H16.C2H6/c1-13-6-8-15(9-7-13)10-11-16-5-3-4-14(2)12-16;1-2/h3-12H,1-2H3;1-2H3/b11-10+;. The highest BCUT2D eigenvalue weighted by molar-refractivity contribution is 5.69. The molecule has 0 heteroatoms. The molecule has 2 rings (SSSR count). The van der Waals surface area contributed by atoms with Gasteiger partial charge in [0.1, 0.15) is 0 Å². The molecular weight excluding hydrogens is 216 g/mol. The third-order valence-corrected chi connectivity index (χ3v) is 2.59. The van der Waals surface area contributed by atoms with Gasteiger partial charge in [-0.15, -0.1) is 0 Å². The quantitative estimate of drug-likeness (QED) is 0.606. The second-order valence-corrected chi connectivity index (χ2v) is 4.16. The average molecular weight is 238 g/mol. The van der Waals surface area contributed by atoms with Gasteiger partial charge in [0, 0.05) is 0 Å². The first-order valence-corrected chi connectivity index (χ1v) is 6.55. The number of benzene rings is 2. The summed E-state index contributed by atoms with van der Waals surface area (Å²) in [6, 6.07) is 17.1. The van der Waals surface area contributed by atoms with Gasteiger partial charge in [-0.3, -0.25) is 0 Å². The first kappa shape index (κ1) is 14.2. The van der Waals surface area contributed by atoms with E-state index in [0.29, 0.717) is 0 Å². The summed E-state index contributed by atoms with van der Waals surface area (Å²) >= 11 is 0. The molecule has 0 bridgehead atoms. The third kappa shape index (κ3) is 4.58. The van der Waals surface area contributed by atoms with Crippen LogP contribution in [0.4, 0.5) is 0 Å². The summed E-state index contributed by atoms with van der Waals surface area (Å²) in [6.07, 6.45) is 4.30. The highest BCUT2D eigenvalue weighted by Crippen LogP contribution is 2.10. The number of aryl methyl sites for hydroxylation is 2. The van der Waals surface area contributed by atoms with Crippen LogP contribution in [0.25, 0.3) is 12.2 Å². The lowest BCUT2D eigenvalue weighted by Crippen LogP contribution is -1.76. The fraction of sp³-hybridized carbons (Fsp3) is 0.222. The number of hydrogen-bond donors (Lipinski definition) is 0. The Hall–Kier alpha value is -1.82. The van der Waals surface area contributed by atoms with Crippen LogP contribution in [0.3, 0.4) is 0 Å². The summed E-state index contributed by atoms with van der Waals surface area (Å²) in [4.78, 5) is 0. The molecule has 0 N–H and O–H groups in total. The van der Waals surface area contributed by atoms with Gasteiger partial charge in [0.25, 0.3) is 0 Å². The van der Waals surface area contributed by atoms with Crippen molar-refractivity contribution in [2.45, 2.75) is 27.7 Å². The van der Waals surface area contributed by atoms with Crippen molar-refractivity contribution in [3.63, 3.8) is 0 Å². The maximum atomic E-state index is 2.19. The minimum absolute atomic E-state index is 1.24. The van der Waals surface area contributed by atoms with E-state index >= 15 is 0 Å². The van der Waals surface area contributed by atoms with Gasteiger partial charge in [0.2, 0.25) is 0 Å². The smallest absolute Gasteiger partial charge is 0.0254 e. The van der Waals surface area contributed by atoms with Crippen molar-refractivity contribution in [3.05, 3.63) is 70.8 Å². The van der Waals surface area contributed by atoms with Crippen molar-refractivity contribution in [3.8, 4) is 0 Å². The minimum atomic E-state index is 1.24. The largest absolute Gasteiger partial charge is 0.0683 e. The molecule has 0 aliphatic heterocycles. The molecule has 18 heavy (non-hydrogen) atoms. The lowest BCUT2D eigenvalue weighted by atomic mass is 10.1. The molecule has 0 atom stereocenters. The summed E-state index contributed by atoms with van der Waals surface area (Å²) < 4.78 is 0. The Kier molecular flexibility index (Phi) is 5.93. The summed E-state index contributed by atoms with van der Waals surface area (Å²) in [5.74, 6) is 0. The van der Waals surface area contributed by atoms with Gasteiger partial charge in [0.05, 0.1) is 0 Å². The second kappa shape index (κ2) is 7.50. The number of rotatable bonds is 2. The molecule has 0 aromatic heterocycles. The highest BCUT2D eigenvalue weighted by Gasteiger charge is 1.89. The molecule has 2 aromatic rings. The normalized spacial score (nSPS) is 10.0. The van der Waals surface area contributed by atoms with Gasteiger partial charge in [-0.05, 0) is 25.0 Å². The van der Waals surface area contributed by atoms with Crippen molar-refractivity contribution in [2.75, 3.05) is 0 Å². The van der Waals surface area contributed by atoms with Crippen LogP contribution in [-0.4, -0.2) is 0 Å². The molecule has 0 nitrogen and oxygen atoms in total. The predicted octanol–water partition coefficient (Wildman–Crippen LogP) is 5.50. The molecule has 0 saturated heterocycles. The molecule has 0 amide bonds. The molecule has 0 heterocycles. The highest BCUT2D eigenvalue weighted by atomic mass is 13.9. The molecule has 0 spiro atoms. The number of hydrogen-bond acceptors (Lipinski definition) is 0. The van der Waals surface area contributed by atoms with E-state index in [1.54, 1.807) is 0 Å². The maximum Gasteiger partial charge on any atom is -0.0254 e. The first-order chi connectivity index (χ1) is 8.74. The molecule has 0 aliphatic carbocycles. The van der Waals surface area contributed by atoms with Gasteiger partial charge >= 0.3 is 0 Å². The van der Waals surface area contributed by atoms with Crippen molar-refractivity contribution >= 4 is 12.2 Å². The van der Waals surface area contributed by atoms with Crippen molar-refractivity contribution in [2.24, 2.45) is 0 Å². The molecule has 0 saturated carbocycles. The van der Waals surface area contributed by atoms with E-state index in [-0.39, 0.29) is 0 Å². The van der Waals surface area contributed by atoms with Gasteiger partial charge in [-0.1, -0.05) is 85.7 Å². The lowest BCUT2D eigenvalue weighted by Gasteiger charge is -1.97. The zero-order valence-corrected chi connectivity index (χ0v) is 11.8. The van der Waals surface area contributed by atoms with E-state index in [9.17, 15) is 0 Å². The molecule has 0 unspecified atom stereocenters. The Balaban J connectivity index is 0.000000771. The second-order valence-electron chi connectivity index (χ2n) is 4.16. The van der Waals surface area contributed by atoms with Crippen molar-refractivity contribution in [1.29, 1.82) is 0 Å². The Bertz CT molecular complexity index is 490. The van der Waals surface area contributed by atoms with Crippen LogP contribution in [0.15, 0.2) is 48.5 Å². The van der Waals surface area contributed by atoms with Crippen LogP contribution < -0.4 is 0 Å². The summed E-state index contributed by atoms with van der Waals surface area (Å²) in [7, 11) is 0. The molecule has 0 fully saturated rings. The summed E-state index contributed by atoms with van der Waals surface area (Å²) in [6.45, 7) is 8.22. The summed E-state index contributed by atoms with van der Waals surface area (Å²) in [5.41, 5.74) is 5.09. The molecule has 94 valence electrons. The monoisotopic (exact) mass is 238 g/mol. The predicted molar refractivity (Wildman–Crippen MR) is 82.6 cm³/mol. The van der Waals surface area contributed by atoms with Gasteiger partial charge in [0.15, 0.2) is 0 Å². The Labute approximate surface area is 111 Å². The molecular formula is C18H22. The van der Waals surface area contributed by atoms with Crippen LogP contribution >= 0.6 is 0 Å². The van der Waals surface area contributed by atoms with Crippen LogP contribution in [0.2, 0.25) is 0 Å². The zero-order chi connectivity index (χ0) is 13.4. The topological polar surface area (TPSA) is 0 Å². The van der Waals surface area contributed by atoms with Gasteiger partial charge in [-0.25, -0.2) is 0 Å². The average Bonchev–Trinajstić information content (AvgIpc) is 2.41. The van der Waals surface area contributed by atoms with Crippen LogP contribution in [0.1, 0.15) is 36.1 Å². The van der Waals surface area contributed by atoms with Crippen LogP contribution in [-0.2, 0) is 0 Å². The fourth-order valence-corrected chi connectivity index (χ4v) is 1.64.